The van der Waals surface area contributed by atoms with Crippen molar-refractivity contribution in [3.8, 4) is 0 Å². The van der Waals surface area contributed by atoms with E-state index in [0.29, 0.717) is 11.3 Å². The molecule has 0 spiro atoms. The molecule has 0 radical (unpaired) electrons. The summed E-state index contributed by atoms with van der Waals surface area (Å²) in [4.78, 5) is 0. The molecule has 2 N–H and O–H groups in total. The molecule has 1 nitrogen and oxygen atoms in total. The lowest BCUT2D eigenvalue weighted by molar-refractivity contribution is 0.276. The van der Waals surface area contributed by atoms with E-state index in [4.69, 9.17) is 5.73 Å². The zero-order valence-electron chi connectivity index (χ0n) is 13.8. The summed E-state index contributed by atoms with van der Waals surface area (Å²) in [7, 11) is 0. The van der Waals surface area contributed by atoms with Crippen LogP contribution < -0.4 is 5.73 Å². The second-order valence-electron chi connectivity index (χ2n) is 8.37. The first-order valence-corrected chi connectivity index (χ1v) is 8.84. The lowest BCUT2D eigenvalue weighted by Gasteiger charge is -2.35. The molecule has 21 heavy (non-hydrogen) atoms. The van der Waals surface area contributed by atoms with Crippen LogP contribution in [-0.2, 0) is 6.42 Å². The van der Waals surface area contributed by atoms with Gasteiger partial charge in [0.1, 0.15) is 0 Å². The Hall–Kier alpha value is -0.820. The third-order valence-electron chi connectivity index (χ3n) is 5.97. The first-order valence-electron chi connectivity index (χ1n) is 8.84. The quantitative estimate of drug-likeness (QED) is 0.744. The lowest BCUT2D eigenvalue weighted by atomic mass is 9.73. The van der Waals surface area contributed by atoms with Crippen molar-refractivity contribution in [2.24, 2.45) is 11.1 Å². The summed E-state index contributed by atoms with van der Waals surface area (Å²) in [5, 5.41) is 0. The van der Waals surface area contributed by atoms with E-state index in [1.54, 1.807) is 11.1 Å². The maximum atomic E-state index is 6.87. The minimum absolute atomic E-state index is 0.0723. The van der Waals surface area contributed by atoms with Gasteiger partial charge in [0, 0.05) is 5.54 Å². The Kier molecular flexibility index (Phi) is 4.14. The summed E-state index contributed by atoms with van der Waals surface area (Å²) in [6.07, 6.45) is 11.5. The summed E-state index contributed by atoms with van der Waals surface area (Å²) in [6.45, 7) is 4.82. The molecule has 0 amide bonds. The van der Waals surface area contributed by atoms with Crippen LogP contribution in [0.3, 0.4) is 0 Å². The van der Waals surface area contributed by atoms with E-state index < -0.39 is 0 Å². The van der Waals surface area contributed by atoms with Gasteiger partial charge in [0.15, 0.2) is 0 Å². The van der Waals surface area contributed by atoms with Crippen LogP contribution in [-0.4, -0.2) is 5.54 Å². The Morgan fingerprint density at radius 1 is 1.05 bits per heavy atom. The van der Waals surface area contributed by atoms with Crippen molar-refractivity contribution < 1.29 is 0 Å². The van der Waals surface area contributed by atoms with Crippen molar-refractivity contribution in [1.82, 2.24) is 0 Å². The molecular formula is C20H31N. The van der Waals surface area contributed by atoms with Crippen LogP contribution in [0.25, 0.3) is 0 Å². The van der Waals surface area contributed by atoms with E-state index in [1.807, 2.05) is 0 Å². The van der Waals surface area contributed by atoms with Crippen molar-refractivity contribution in [3.05, 3.63) is 35.4 Å². The topological polar surface area (TPSA) is 26.0 Å². The van der Waals surface area contributed by atoms with Gasteiger partial charge in [0.2, 0.25) is 0 Å². The van der Waals surface area contributed by atoms with E-state index in [9.17, 15) is 0 Å². The van der Waals surface area contributed by atoms with Crippen molar-refractivity contribution >= 4 is 0 Å². The van der Waals surface area contributed by atoms with Gasteiger partial charge < -0.3 is 5.73 Å². The summed E-state index contributed by atoms with van der Waals surface area (Å²) in [6, 6.07) is 9.06. The molecular weight excluding hydrogens is 254 g/mol. The molecule has 1 heteroatoms. The van der Waals surface area contributed by atoms with Gasteiger partial charge in [-0.2, -0.15) is 0 Å². The van der Waals surface area contributed by atoms with Gasteiger partial charge in [-0.05, 0) is 73.8 Å². The number of benzene rings is 1. The van der Waals surface area contributed by atoms with Crippen LogP contribution in [0.5, 0.6) is 0 Å². The second-order valence-corrected chi connectivity index (χ2v) is 8.37. The first kappa shape index (κ1) is 15.1. The molecule has 0 saturated heterocycles. The highest BCUT2D eigenvalue weighted by molar-refractivity contribution is 5.33. The van der Waals surface area contributed by atoms with Crippen LogP contribution in [0.1, 0.15) is 82.3 Å². The highest BCUT2D eigenvalue weighted by atomic mass is 14.7. The summed E-state index contributed by atoms with van der Waals surface area (Å²) >= 11 is 0. The zero-order chi connectivity index (χ0) is 14.9. The van der Waals surface area contributed by atoms with Crippen LogP contribution in [0, 0.1) is 5.41 Å². The van der Waals surface area contributed by atoms with Gasteiger partial charge in [-0.25, -0.2) is 0 Å². The van der Waals surface area contributed by atoms with Crippen molar-refractivity contribution in [1.29, 1.82) is 0 Å². The Labute approximate surface area is 130 Å². The van der Waals surface area contributed by atoms with Crippen molar-refractivity contribution in [3.63, 3.8) is 0 Å². The molecule has 2 atom stereocenters. The van der Waals surface area contributed by atoms with Crippen LogP contribution in [0.2, 0.25) is 0 Å². The molecule has 2 aliphatic carbocycles. The number of hydrogen-bond donors (Lipinski definition) is 1. The fourth-order valence-corrected chi connectivity index (χ4v) is 4.52. The minimum Gasteiger partial charge on any atom is -0.325 e. The maximum absolute atomic E-state index is 6.87. The molecule has 116 valence electrons. The molecule has 0 aromatic heterocycles. The van der Waals surface area contributed by atoms with Crippen molar-refractivity contribution in [2.75, 3.05) is 0 Å². The summed E-state index contributed by atoms with van der Waals surface area (Å²) in [5.74, 6) is 0.696. The number of hydrogen-bond acceptors (Lipinski definition) is 1. The number of nitrogens with two attached hydrogens (primary N) is 1. The summed E-state index contributed by atoms with van der Waals surface area (Å²) in [5.41, 5.74) is 10.6. The molecule has 0 aliphatic heterocycles. The predicted octanol–water partition coefficient (Wildman–Crippen LogP) is 5.18. The molecule has 1 saturated carbocycles. The van der Waals surface area contributed by atoms with E-state index in [0.717, 1.165) is 0 Å². The van der Waals surface area contributed by atoms with Gasteiger partial charge in [0.05, 0.1) is 0 Å². The fraction of sp³-hybridized carbons (Fsp3) is 0.700. The smallest absolute Gasteiger partial charge is 0.0160 e. The number of rotatable bonds is 2. The van der Waals surface area contributed by atoms with Gasteiger partial charge in [-0.3, -0.25) is 0 Å². The van der Waals surface area contributed by atoms with Gasteiger partial charge in [-0.15, -0.1) is 0 Å². The van der Waals surface area contributed by atoms with E-state index in [-0.39, 0.29) is 5.54 Å². The Balaban J connectivity index is 1.74. The van der Waals surface area contributed by atoms with E-state index in [1.165, 1.54) is 57.8 Å². The van der Waals surface area contributed by atoms with Gasteiger partial charge >= 0.3 is 0 Å². The number of aryl methyl sites for hydroxylation is 1. The highest BCUT2D eigenvalue weighted by Gasteiger charge is 2.35. The molecule has 3 rings (SSSR count). The standard InChI is InChI=1S/C20H31N/c1-19(2)11-6-12-20(21,14-13-19)15-17-9-5-8-16-7-3-4-10-18(16)17/h3-4,7,10,17H,5-6,8-9,11-15,21H2,1-2H3. The average Bonchev–Trinajstić information content (AvgIpc) is 2.58. The van der Waals surface area contributed by atoms with Gasteiger partial charge in [-0.1, -0.05) is 44.5 Å². The first-order chi connectivity index (χ1) is 9.98. The van der Waals surface area contributed by atoms with Crippen LogP contribution in [0.15, 0.2) is 24.3 Å². The highest BCUT2D eigenvalue weighted by Crippen LogP contribution is 2.43. The molecule has 0 heterocycles. The normalized spacial score (nSPS) is 32.2. The SMILES string of the molecule is CC1(C)CCCC(N)(CC2CCCc3ccccc32)CC1. The Morgan fingerprint density at radius 2 is 1.86 bits per heavy atom. The average molecular weight is 285 g/mol. The zero-order valence-corrected chi connectivity index (χ0v) is 13.8. The molecule has 1 aromatic carbocycles. The fourth-order valence-electron chi connectivity index (χ4n) is 4.52. The van der Waals surface area contributed by atoms with Crippen LogP contribution >= 0.6 is 0 Å². The Morgan fingerprint density at radius 3 is 2.71 bits per heavy atom. The third kappa shape index (κ3) is 3.51. The monoisotopic (exact) mass is 285 g/mol. The second kappa shape index (κ2) is 5.76. The van der Waals surface area contributed by atoms with Crippen molar-refractivity contribution in [2.45, 2.75) is 83.1 Å². The third-order valence-corrected chi connectivity index (χ3v) is 5.97. The summed E-state index contributed by atoms with van der Waals surface area (Å²) < 4.78 is 0. The molecule has 1 fully saturated rings. The molecule has 2 aliphatic rings. The molecule has 1 aromatic rings. The van der Waals surface area contributed by atoms with Gasteiger partial charge in [0.25, 0.3) is 0 Å². The lowest BCUT2D eigenvalue weighted by Crippen LogP contribution is -2.41. The number of fused-ring (bicyclic) bond motifs is 1. The van der Waals surface area contributed by atoms with Crippen LogP contribution in [0.4, 0.5) is 0 Å². The molecule has 2 unspecified atom stereocenters. The predicted molar refractivity (Wildman–Crippen MR) is 90.5 cm³/mol. The largest absolute Gasteiger partial charge is 0.325 e. The maximum Gasteiger partial charge on any atom is 0.0160 e. The Bertz CT molecular complexity index is 490. The molecule has 0 bridgehead atoms. The van der Waals surface area contributed by atoms with E-state index >= 15 is 0 Å². The minimum atomic E-state index is 0.0723. The van der Waals surface area contributed by atoms with E-state index in [2.05, 4.69) is 38.1 Å².